The number of sulfonamides is 1. The zero-order valence-corrected chi connectivity index (χ0v) is 17.1. The van der Waals surface area contributed by atoms with Crippen LogP contribution in [-0.2, 0) is 21.4 Å². The second-order valence-corrected chi connectivity index (χ2v) is 8.17. The summed E-state index contributed by atoms with van der Waals surface area (Å²) in [5.74, 6) is -0.436. The van der Waals surface area contributed by atoms with Gasteiger partial charge in [0.15, 0.2) is 12.4 Å². The number of esters is 1. The summed E-state index contributed by atoms with van der Waals surface area (Å²) in [4.78, 5) is 24.6. The van der Waals surface area contributed by atoms with Gasteiger partial charge in [0.05, 0.1) is 17.5 Å². The number of benzene rings is 2. The number of nitrogens with zero attached hydrogens (tertiary/aromatic N) is 3. The second-order valence-electron chi connectivity index (χ2n) is 6.42. The Balaban J connectivity index is 1.72. The quantitative estimate of drug-likeness (QED) is 0.481. The normalized spacial score (nSPS) is 11.0. The van der Waals surface area contributed by atoms with E-state index in [1.54, 1.807) is 12.1 Å². The Kier molecular flexibility index (Phi) is 6.11. The van der Waals surface area contributed by atoms with E-state index in [0.29, 0.717) is 0 Å². The molecule has 10 nitrogen and oxygen atoms in total. The maximum Gasteiger partial charge on any atom is 0.340 e. The number of para-hydroxylation sites is 1. The lowest BCUT2D eigenvalue weighted by atomic mass is 10.2. The number of rotatable bonds is 7. The highest BCUT2D eigenvalue weighted by Crippen LogP contribution is 2.18. The highest BCUT2D eigenvalue weighted by Gasteiger charge is 2.16. The molecule has 2 aromatic carbocycles. The maximum atomic E-state index is 12.4. The number of anilines is 4. The van der Waals surface area contributed by atoms with Gasteiger partial charge in [0.1, 0.15) is 0 Å². The minimum Gasteiger partial charge on any atom is -0.454 e. The summed E-state index contributed by atoms with van der Waals surface area (Å²) >= 11 is 0. The maximum absolute atomic E-state index is 12.4. The van der Waals surface area contributed by atoms with E-state index in [1.807, 2.05) is 31.2 Å². The Morgan fingerprint density at radius 1 is 1.07 bits per heavy atom. The van der Waals surface area contributed by atoms with Gasteiger partial charge in [-0.15, -0.1) is 0 Å². The van der Waals surface area contributed by atoms with Crippen LogP contribution in [0.5, 0.6) is 0 Å². The first-order chi connectivity index (χ1) is 14.2. The molecule has 11 heteroatoms. The van der Waals surface area contributed by atoms with Crippen LogP contribution in [0.3, 0.4) is 0 Å². The van der Waals surface area contributed by atoms with Crippen LogP contribution in [0, 0.1) is 6.92 Å². The molecule has 156 valence electrons. The largest absolute Gasteiger partial charge is 0.454 e. The number of nitrogen functional groups attached to an aromatic ring is 1. The molecule has 0 aliphatic heterocycles. The van der Waals surface area contributed by atoms with Crippen LogP contribution in [0.25, 0.3) is 0 Å². The second kappa shape index (κ2) is 8.74. The highest BCUT2D eigenvalue weighted by molar-refractivity contribution is 7.92. The molecule has 30 heavy (non-hydrogen) atoms. The molecule has 0 saturated carbocycles. The average Bonchev–Trinajstić information content (AvgIpc) is 2.67. The number of aromatic nitrogens is 3. The van der Waals surface area contributed by atoms with Gasteiger partial charge in [-0.05, 0) is 31.2 Å². The Morgan fingerprint density at radius 2 is 1.77 bits per heavy atom. The van der Waals surface area contributed by atoms with Crippen molar-refractivity contribution < 1.29 is 17.9 Å². The summed E-state index contributed by atoms with van der Waals surface area (Å²) in [5.41, 5.74) is 7.76. The third-order valence-electron chi connectivity index (χ3n) is 3.78. The van der Waals surface area contributed by atoms with Crippen LogP contribution < -0.4 is 15.8 Å². The third-order valence-corrected chi connectivity index (χ3v) is 4.37. The summed E-state index contributed by atoms with van der Waals surface area (Å²) in [7, 11) is -3.56. The minimum absolute atomic E-state index is 0.0372. The molecular formula is C19H20N6O4S. The molecule has 0 spiro atoms. The first-order valence-electron chi connectivity index (χ1n) is 8.78. The van der Waals surface area contributed by atoms with E-state index < -0.39 is 16.0 Å². The van der Waals surface area contributed by atoms with Crippen molar-refractivity contribution in [1.82, 2.24) is 15.0 Å². The molecule has 1 aromatic heterocycles. The molecular weight excluding hydrogens is 408 g/mol. The molecule has 0 amide bonds. The van der Waals surface area contributed by atoms with Crippen molar-refractivity contribution in [3.8, 4) is 0 Å². The van der Waals surface area contributed by atoms with Crippen LogP contribution in [0.1, 0.15) is 21.7 Å². The molecule has 0 unspecified atom stereocenters. The molecule has 0 aliphatic rings. The Hall–Kier alpha value is -3.73. The number of nitrogens with one attached hydrogen (secondary N) is 2. The fourth-order valence-corrected chi connectivity index (χ4v) is 3.06. The number of aryl methyl sites for hydroxylation is 1. The molecule has 0 aliphatic carbocycles. The SMILES string of the molecule is Cc1ccc(Nc2nc(N)nc(COC(=O)c3ccccc3NS(C)(=O)=O)n2)cc1. The first kappa shape index (κ1) is 21.0. The van der Waals surface area contributed by atoms with Crippen LogP contribution in [-0.4, -0.2) is 35.6 Å². The van der Waals surface area contributed by atoms with Crippen molar-refractivity contribution in [2.45, 2.75) is 13.5 Å². The molecule has 3 rings (SSSR count). The van der Waals surface area contributed by atoms with Crippen molar-refractivity contribution >= 4 is 39.3 Å². The Labute approximate surface area is 173 Å². The number of hydrogen-bond acceptors (Lipinski definition) is 9. The van der Waals surface area contributed by atoms with E-state index in [9.17, 15) is 13.2 Å². The molecule has 0 atom stereocenters. The third kappa shape index (κ3) is 5.88. The van der Waals surface area contributed by atoms with Gasteiger partial charge in [0.25, 0.3) is 0 Å². The number of carbonyl (C=O) groups is 1. The Bertz CT molecular complexity index is 1170. The summed E-state index contributed by atoms with van der Waals surface area (Å²) < 4.78 is 30.5. The minimum atomic E-state index is -3.56. The molecule has 1 heterocycles. The number of nitrogens with two attached hydrogens (primary N) is 1. The molecule has 0 bridgehead atoms. The molecule has 3 aromatic rings. The number of ether oxygens (including phenoxy) is 1. The van der Waals surface area contributed by atoms with Gasteiger partial charge in [0, 0.05) is 5.69 Å². The van der Waals surface area contributed by atoms with Gasteiger partial charge >= 0.3 is 5.97 Å². The van der Waals surface area contributed by atoms with Crippen LogP contribution >= 0.6 is 0 Å². The van der Waals surface area contributed by atoms with E-state index in [-0.39, 0.29) is 35.6 Å². The van der Waals surface area contributed by atoms with E-state index in [1.165, 1.54) is 12.1 Å². The van der Waals surface area contributed by atoms with Crippen LogP contribution in [0.2, 0.25) is 0 Å². The first-order valence-corrected chi connectivity index (χ1v) is 10.7. The predicted octanol–water partition coefficient (Wildman–Crippen LogP) is 2.23. The summed E-state index contributed by atoms with van der Waals surface area (Å²) in [5, 5.41) is 3.01. The fourth-order valence-electron chi connectivity index (χ4n) is 2.48. The topological polar surface area (TPSA) is 149 Å². The van der Waals surface area contributed by atoms with E-state index in [0.717, 1.165) is 17.5 Å². The van der Waals surface area contributed by atoms with E-state index in [4.69, 9.17) is 10.5 Å². The van der Waals surface area contributed by atoms with Crippen LogP contribution in [0.4, 0.5) is 23.3 Å². The van der Waals surface area contributed by atoms with Crippen molar-refractivity contribution in [2.24, 2.45) is 0 Å². The van der Waals surface area contributed by atoms with Gasteiger partial charge in [-0.1, -0.05) is 29.8 Å². The van der Waals surface area contributed by atoms with Crippen LogP contribution in [0.15, 0.2) is 48.5 Å². The fraction of sp³-hybridized carbons (Fsp3) is 0.158. The van der Waals surface area contributed by atoms with Gasteiger partial charge in [-0.25, -0.2) is 13.2 Å². The summed E-state index contributed by atoms with van der Waals surface area (Å²) in [6.45, 7) is 1.70. The smallest absolute Gasteiger partial charge is 0.340 e. The molecule has 0 fully saturated rings. The van der Waals surface area contributed by atoms with Crippen molar-refractivity contribution in [3.05, 3.63) is 65.5 Å². The van der Waals surface area contributed by atoms with E-state index in [2.05, 4.69) is 25.0 Å². The van der Waals surface area contributed by atoms with Gasteiger partial charge in [-0.3, -0.25) is 4.72 Å². The lowest BCUT2D eigenvalue weighted by Gasteiger charge is -2.11. The van der Waals surface area contributed by atoms with Crippen molar-refractivity contribution in [3.63, 3.8) is 0 Å². The highest BCUT2D eigenvalue weighted by atomic mass is 32.2. The zero-order chi connectivity index (χ0) is 21.7. The van der Waals surface area contributed by atoms with Gasteiger partial charge < -0.3 is 15.8 Å². The van der Waals surface area contributed by atoms with Gasteiger partial charge in [0.2, 0.25) is 21.9 Å². The standard InChI is InChI=1S/C19H20N6O4S/c1-12-7-9-13(10-8-12)21-19-23-16(22-18(20)24-19)11-29-17(26)14-5-3-4-6-15(14)25-30(2,27)28/h3-10,25H,11H2,1-2H3,(H3,20,21,22,23,24). The predicted molar refractivity (Wildman–Crippen MR) is 113 cm³/mol. The summed E-state index contributed by atoms with van der Waals surface area (Å²) in [6, 6.07) is 13.7. The van der Waals surface area contributed by atoms with Gasteiger partial charge in [-0.2, -0.15) is 15.0 Å². The number of carbonyl (C=O) groups excluding carboxylic acids is 1. The molecule has 0 saturated heterocycles. The molecule has 4 N–H and O–H groups in total. The lowest BCUT2D eigenvalue weighted by molar-refractivity contribution is 0.0463. The zero-order valence-electron chi connectivity index (χ0n) is 16.3. The van der Waals surface area contributed by atoms with E-state index >= 15 is 0 Å². The van der Waals surface area contributed by atoms with Crippen molar-refractivity contribution in [2.75, 3.05) is 22.0 Å². The Morgan fingerprint density at radius 3 is 2.47 bits per heavy atom. The number of hydrogen-bond donors (Lipinski definition) is 3. The monoisotopic (exact) mass is 428 g/mol. The lowest BCUT2D eigenvalue weighted by Crippen LogP contribution is -2.15. The summed E-state index contributed by atoms with van der Waals surface area (Å²) in [6.07, 6.45) is 0.991. The molecule has 0 radical (unpaired) electrons. The average molecular weight is 428 g/mol. The van der Waals surface area contributed by atoms with Crippen molar-refractivity contribution in [1.29, 1.82) is 0 Å².